The SMILES string of the molecule is COc1ncc(-c2nccnc2Oc2ccc(N3c4ccccc4SC3N)cc2)cn1. The maximum atomic E-state index is 6.35. The topological polar surface area (TPSA) is 99.3 Å². The van der Waals surface area contributed by atoms with Gasteiger partial charge in [0.05, 0.1) is 12.8 Å². The van der Waals surface area contributed by atoms with Gasteiger partial charge in [0.1, 0.15) is 16.9 Å². The van der Waals surface area contributed by atoms with Crippen LogP contribution in [-0.2, 0) is 0 Å². The van der Waals surface area contributed by atoms with Crippen LogP contribution < -0.4 is 20.1 Å². The van der Waals surface area contributed by atoms with Crippen LogP contribution in [0.1, 0.15) is 0 Å². The largest absolute Gasteiger partial charge is 0.467 e. The summed E-state index contributed by atoms with van der Waals surface area (Å²) < 4.78 is 11.0. The minimum Gasteiger partial charge on any atom is -0.467 e. The number of hydrogen-bond acceptors (Lipinski definition) is 9. The van der Waals surface area contributed by atoms with Gasteiger partial charge in [0.15, 0.2) is 0 Å². The van der Waals surface area contributed by atoms with Gasteiger partial charge in [0.2, 0.25) is 5.88 Å². The lowest BCUT2D eigenvalue weighted by Gasteiger charge is -2.23. The first-order chi connectivity index (χ1) is 15.2. The van der Waals surface area contributed by atoms with E-state index in [4.69, 9.17) is 15.2 Å². The maximum Gasteiger partial charge on any atom is 0.316 e. The van der Waals surface area contributed by atoms with E-state index >= 15 is 0 Å². The van der Waals surface area contributed by atoms with Crippen LogP contribution >= 0.6 is 11.8 Å². The van der Waals surface area contributed by atoms with Gasteiger partial charge in [-0.1, -0.05) is 23.9 Å². The Balaban J connectivity index is 1.40. The molecule has 2 aromatic heterocycles. The van der Waals surface area contributed by atoms with E-state index in [1.54, 1.807) is 36.5 Å². The molecule has 0 saturated carbocycles. The molecule has 1 unspecified atom stereocenters. The Bertz CT molecular complexity index is 1200. The van der Waals surface area contributed by atoms with Crippen LogP contribution in [0.3, 0.4) is 0 Å². The van der Waals surface area contributed by atoms with E-state index in [0.29, 0.717) is 22.9 Å². The molecule has 1 aliphatic rings. The smallest absolute Gasteiger partial charge is 0.316 e. The van der Waals surface area contributed by atoms with Crippen molar-refractivity contribution < 1.29 is 9.47 Å². The van der Waals surface area contributed by atoms with Crippen LogP contribution in [0.4, 0.5) is 11.4 Å². The van der Waals surface area contributed by atoms with Gasteiger partial charge in [0.25, 0.3) is 0 Å². The number of para-hydroxylation sites is 1. The minimum absolute atomic E-state index is 0.175. The normalized spacial score (nSPS) is 14.9. The summed E-state index contributed by atoms with van der Waals surface area (Å²) in [6.07, 6.45) is 6.42. The number of benzene rings is 2. The predicted octanol–water partition coefficient (Wildman–Crippen LogP) is 4.22. The fraction of sp³-hybridized carbons (Fsp3) is 0.0909. The number of rotatable bonds is 5. The lowest BCUT2D eigenvalue weighted by molar-refractivity contribution is 0.380. The fourth-order valence-corrected chi connectivity index (χ4v) is 4.34. The van der Waals surface area contributed by atoms with Crippen LogP contribution in [0.2, 0.25) is 0 Å². The number of nitrogens with zero attached hydrogens (tertiary/aromatic N) is 5. The van der Waals surface area contributed by atoms with Crippen molar-refractivity contribution in [3.05, 3.63) is 73.3 Å². The molecule has 1 atom stereocenters. The molecule has 0 spiro atoms. The van der Waals surface area contributed by atoms with Crippen LogP contribution in [0.25, 0.3) is 11.3 Å². The van der Waals surface area contributed by atoms with Gasteiger partial charge in [-0.25, -0.2) is 19.9 Å². The quantitative estimate of drug-likeness (QED) is 0.499. The van der Waals surface area contributed by atoms with Crippen LogP contribution in [-0.4, -0.2) is 32.5 Å². The Morgan fingerprint density at radius 2 is 1.68 bits per heavy atom. The van der Waals surface area contributed by atoms with Crippen LogP contribution in [0.15, 0.2) is 78.2 Å². The zero-order valence-corrected chi connectivity index (χ0v) is 17.4. The molecule has 3 heterocycles. The van der Waals surface area contributed by atoms with E-state index in [1.165, 1.54) is 12.0 Å². The van der Waals surface area contributed by atoms with E-state index < -0.39 is 0 Å². The van der Waals surface area contributed by atoms with Gasteiger partial charge in [-0.05, 0) is 36.4 Å². The maximum absolute atomic E-state index is 6.35. The predicted molar refractivity (Wildman–Crippen MR) is 119 cm³/mol. The fourth-order valence-electron chi connectivity index (χ4n) is 3.29. The summed E-state index contributed by atoms with van der Waals surface area (Å²) in [5.74, 6) is 0.997. The number of ether oxygens (including phenoxy) is 2. The summed E-state index contributed by atoms with van der Waals surface area (Å²) >= 11 is 1.64. The lowest BCUT2D eigenvalue weighted by Crippen LogP contribution is -2.31. The molecule has 0 amide bonds. The second-order valence-corrected chi connectivity index (χ2v) is 7.77. The van der Waals surface area contributed by atoms with E-state index in [2.05, 4.69) is 37.0 Å². The van der Waals surface area contributed by atoms with Crippen molar-refractivity contribution in [2.24, 2.45) is 5.73 Å². The summed E-state index contributed by atoms with van der Waals surface area (Å²) in [5.41, 5.74) is 9.48. The number of thioether (sulfide) groups is 1. The highest BCUT2D eigenvalue weighted by Gasteiger charge is 2.28. The number of hydrogen-bond donors (Lipinski definition) is 1. The van der Waals surface area contributed by atoms with E-state index in [9.17, 15) is 0 Å². The van der Waals surface area contributed by atoms with Crippen molar-refractivity contribution in [3.63, 3.8) is 0 Å². The lowest BCUT2D eigenvalue weighted by atomic mass is 10.2. The van der Waals surface area contributed by atoms with Crippen LogP contribution in [0.5, 0.6) is 17.6 Å². The molecule has 0 bridgehead atoms. The number of methoxy groups -OCH3 is 1. The molecule has 0 saturated heterocycles. The van der Waals surface area contributed by atoms with Gasteiger partial charge >= 0.3 is 6.01 Å². The minimum atomic E-state index is -0.175. The van der Waals surface area contributed by atoms with E-state index in [-0.39, 0.29) is 11.5 Å². The molecule has 4 aromatic rings. The molecule has 5 rings (SSSR count). The highest BCUT2D eigenvalue weighted by molar-refractivity contribution is 8.00. The first-order valence-electron chi connectivity index (χ1n) is 9.49. The monoisotopic (exact) mass is 430 g/mol. The summed E-state index contributed by atoms with van der Waals surface area (Å²) in [6, 6.07) is 16.2. The summed E-state index contributed by atoms with van der Waals surface area (Å²) in [6.45, 7) is 0. The standard InChI is InChI=1S/C22H18N6O2S/c1-29-22-26-12-14(13-27-22)19-20(25-11-10-24-19)30-16-8-6-15(7-9-16)28-17-4-2-3-5-18(17)31-21(28)23/h2-13,21H,23H2,1H3. The number of aromatic nitrogens is 4. The van der Waals surface area contributed by atoms with E-state index in [0.717, 1.165) is 11.4 Å². The average Bonchev–Trinajstić information content (AvgIpc) is 3.16. The molecule has 2 aromatic carbocycles. The summed E-state index contributed by atoms with van der Waals surface area (Å²) in [5, 5.41) is 0. The molecule has 31 heavy (non-hydrogen) atoms. The van der Waals surface area contributed by atoms with Crippen molar-refractivity contribution in [1.29, 1.82) is 0 Å². The highest BCUT2D eigenvalue weighted by atomic mass is 32.2. The third-order valence-electron chi connectivity index (χ3n) is 4.71. The number of nitrogens with two attached hydrogens (primary N) is 1. The Hall–Kier alpha value is -3.69. The van der Waals surface area contributed by atoms with Crippen molar-refractivity contribution in [2.75, 3.05) is 12.0 Å². The zero-order chi connectivity index (χ0) is 21.2. The first-order valence-corrected chi connectivity index (χ1v) is 10.4. The third kappa shape index (κ3) is 3.76. The third-order valence-corrected chi connectivity index (χ3v) is 5.76. The zero-order valence-electron chi connectivity index (χ0n) is 16.5. The molecule has 0 aliphatic carbocycles. The van der Waals surface area contributed by atoms with Gasteiger partial charge in [-0.3, -0.25) is 0 Å². The molecule has 8 nitrogen and oxygen atoms in total. The average molecular weight is 430 g/mol. The highest BCUT2D eigenvalue weighted by Crippen LogP contribution is 2.45. The second-order valence-electron chi connectivity index (χ2n) is 6.61. The van der Waals surface area contributed by atoms with E-state index in [1.807, 2.05) is 36.4 Å². The van der Waals surface area contributed by atoms with Crippen molar-refractivity contribution in [1.82, 2.24) is 19.9 Å². The van der Waals surface area contributed by atoms with Gasteiger partial charge in [-0.15, -0.1) is 0 Å². The van der Waals surface area contributed by atoms with Crippen molar-refractivity contribution in [3.8, 4) is 28.9 Å². The Labute approximate surface area is 183 Å². The molecule has 154 valence electrons. The second kappa shape index (κ2) is 8.21. The molecular weight excluding hydrogens is 412 g/mol. The number of fused-ring (bicyclic) bond motifs is 1. The first kappa shape index (κ1) is 19.3. The molecular formula is C22H18N6O2S. The Morgan fingerprint density at radius 1 is 0.935 bits per heavy atom. The van der Waals surface area contributed by atoms with Crippen LogP contribution in [0, 0.1) is 0 Å². The summed E-state index contributed by atoms with van der Waals surface area (Å²) in [4.78, 5) is 20.2. The van der Waals surface area contributed by atoms with Crippen molar-refractivity contribution in [2.45, 2.75) is 10.4 Å². The van der Waals surface area contributed by atoms with Gasteiger partial charge < -0.3 is 20.1 Å². The molecule has 9 heteroatoms. The van der Waals surface area contributed by atoms with Gasteiger partial charge in [-0.2, -0.15) is 0 Å². The van der Waals surface area contributed by atoms with Gasteiger partial charge in [0, 0.05) is 40.9 Å². The number of anilines is 2. The Morgan fingerprint density at radius 3 is 2.45 bits per heavy atom. The molecule has 2 N–H and O–H groups in total. The molecule has 0 fully saturated rings. The molecule has 1 aliphatic heterocycles. The van der Waals surface area contributed by atoms with Crippen molar-refractivity contribution >= 4 is 23.1 Å². The Kier molecular flexibility index (Phi) is 5.11. The molecule has 0 radical (unpaired) electrons. The summed E-state index contributed by atoms with van der Waals surface area (Å²) in [7, 11) is 1.52.